The van der Waals surface area contributed by atoms with Crippen molar-refractivity contribution in [2.24, 2.45) is 0 Å². The Balaban J connectivity index is 1.50. The number of anilines is 1. The maximum absolute atomic E-state index is 12.9. The number of hydrogen-bond acceptors (Lipinski definition) is 6. The average Bonchev–Trinajstić information content (AvgIpc) is 2.95. The summed E-state index contributed by atoms with van der Waals surface area (Å²) in [6.45, 7) is 5.73. The number of nitrogens with zero attached hydrogens (tertiary/aromatic N) is 2. The third-order valence-electron chi connectivity index (χ3n) is 4.11. The number of hydrogen-bond donors (Lipinski definition) is 2. The first kappa shape index (κ1) is 20.7. The van der Waals surface area contributed by atoms with Crippen LogP contribution in [0.25, 0.3) is 11.0 Å². The normalized spacial score (nSPS) is 15.2. The van der Waals surface area contributed by atoms with Gasteiger partial charge in [0.2, 0.25) is 5.91 Å². The summed E-state index contributed by atoms with van der Waals surface area (Å²) in [5.74, 6) is -0.341. The van der Waals surface area contributed by atoms with E-state index < -0.39 is 23.4 Å². The number of aromatic nitrogens is 1. The molecule has 3 rings (SSSR count). The predicted molar refractivity (Wildman–Crippen MR) is 97.2 cm³/mol. The number of rotatable bonds is 4. The van der Waals surface area contributed by atoms with Crippen LogP contribution in [0, 0.1) is 0 Å². The van der Waals surface area contributed by atoms with Gasteiger partial charge in [0, 0.05) is 13.1 Å². The molecule has 1 aliphatic rings. The van der Waals surface area contributed by atoms with Gasteiger partial charge < -0.3 is 24.8 Å². The predicted octanol–water partition coefficient (Wildman–Crippen LogP) is 2.99. The van der Waals surface area contributed by atoms with E-state index in [2.05, 4.69) is 15.8 Å². The Morgan fingerprint density at radius 1 is 1.28 bits per heavy atom. The van der Waals surface area contributed by atoms with Gasteiger partial charge >= 0.3 is 12.3 Å². The van der Waals surface area contributed by atoms with E-state index in [1.54, 1.807) is 20.8 Å². The van der Waals surface area contributed by atoms with Gasteiger partial charge in [0.05, 0.1) is 23.5 Å². The lowest BCUT2D eigenvalue weighted by Gasteiger charge is -2.39. The summed E-state index contributed by atoms with van der Waals surface area (Å²) in [4.78, 5) is 25.4. The lowest BCUT2D eigenvalue weighted by molar-refractivity contribution is -0.137. The van der Waals surface area contributed by atoms with Crippen molar-refractivity contribution in [3.05, 3.63) is 23.8 Å². The highest BCUT2D eigenvalue weighted by molar-refractivity contribution is 5.90. The molecular formula is C18H21F3N4O4. The number of alkyl halides is 3. The summed E-state index contributed by atoms with van der Waals surface area (Å²) in [7, 11) is 0. The maximum Gasteiger partial charge on any atom is 0.416 e. The Labute approximate surface area is 164 Å². The molecule has 0 saturated carbocycles. The number of carbonyl (C=O) groups is 2. The summed E-state index contributed by atoms with van der Waals surface area (Å²) in [6, 6.07) is 2.77. The van der Waals surface area contributed by atoms with Crippen LogP contribution in [-0.2, 0) is 15.7 Å². The first-order chi connectivity index (χ1) is 13.4. The summed E-state index contributed by atoms with van der Waals surface area (Å²) < 4.78 is 48.8. The van der Waals surface area contributed by atoms with E-state index in [1.165, 1.54) is 11.0 Å². The largest absolute Gasteiger partial charge is 0.444 e. The Morgan fingerprint density at radius 2 is 1.97 bits per heavy atom. The highest BCUT2D eigenvalue weighted by Crippen LogP contribution is 2.33. The van der Waals surface area contributed by atoms with Crippen molar-refractivity contribution >= 4 is 28.8 Å². The van der Waals surface area contributed by atoms with Crippen LogP contribution in [0.4, 0.5) is 23.8 Å². The van der Waals surface area contributed by atoms with Crippen LogP contribution in [0.1, 0.15) is 26.3 Å². The van der Waals surface area contributed by atoms with E-state index in [-0.39, 0.29) is 35.3 Å². The van der Waals surface area contributed by atoms with Crippen LogP contribution in [0.2, 0.25) is 0 Å². The fourth-order valence-electron chi connectivity index (χ4n) is 2.73. The molecule has 0 unspecified atom stereocenters. The van der Waals surface area contributed by atoms with Gasteiger partial charge in [-0.25, -0.2) is 4.79 Å². The monoisotopic (exact) mass is 414 g/mol. The zero-order valence-corrected chi connectivity index (χ0v) is 16.1. The minimum Gasteiger partial charge on any atom is -0.444 e. The molecule has 2 aromatic rings. The van der Waals surface area contributed by atoms with Crippen LogP contribution in [0.5, 0.6) is 0 Å². The number of amides is 2. The summed E-state index contributed by atoms with van der Waals surface area (Å²) in [5, 5.41) is 9.20. The van der Waals surface area contributed by atoms with Crippen molar-refractivity contribution in [1.29, 1.82) is 0 Å². The van der Waals surface area contributed by atoms with E-state index in [1.807, 2.05) is 0 Å². The molecule has 158 valence electrons. The lowest BCUT2D eigenvalue weighted by atomic mass is 10.1. The number of nitrogens with one attached hydrogen (secondary N) is 2. The molecule has 1 saturated heterocycles. The second-order valence-corrected chi connectivity index (χ2v) is 7.74. The molecular weight excluding hydrogens is 393 g/mol. The first-order valence-corrected chi connectivity index (χ1v) is 8.90. The zero-order chi connectivity index (χ0) is 21.4. The lowest BCUT2D eigenvalue weighted by Crippen LogP contribution is -2.62. The Hall–Kier alpha value is -2.98. The van der Waals surface area contributed by atoms with Crippen LogP contribution in [-0.4, -0.2) is 53.3 Å². The fourth-order valence-corrected chi connectivity index (χ4v) is 2.73. The van der Waals surface area contributed by atoms with Gasteiger partial charge in [0.1, 0.15) is 5.60 Å². The summed E-state index contributed by atoms with van der Waals surface area (Å²) in [6.07, 6.45) is -4.94. The quantitative estimate of drug-likeness (QED) is 0.799. The van der Waals surface area contributed by atoms with Crippen LogP contribution >= 0.6 is 0 Å². The molecule has 0 atom stereocenters. The molecule has 1 fully saturated rings. The van der Waals surface area contributed by atoms with E-state index in [4.69, 9.17) is 9.26 Å². The van der Waals surface area contributed by atoms with Crippen molar-refractivity contribution in [3.63, 3.8) is 0 Å². The van der Waals surface area contributed by atoms with Gasteiger partial charge in [-0.15, -0.1) is 0 Å². The Kier molecular flexibility index (Phi) is 5.33. The van der Waals surface area contributed by atoms with Crippen LogP contribution < -0.4 is 10.6 Å². The molecule has 29 heavy (non-hydrogen) atoms. The SMILES string of the molecule is CC(C)(C)OC(=O)N1CC(NC(=O)CNc2noc3ccc(C(F)(F)F)cc23)C1. The van der Waals surface area contributed by atoms with E-state index >= 15 is 0 Å². The number of likely N-dealkylation sites (tertiary alicyclic amines) is 1. The highest BCUT2D eigenvalue weighted by Gasteiger charge is 2.34. The molecule has 0 spiro atoms. The van der Waals surface area contributed by atoms with Gasteiger partial charge in [0.25, 0.3) is 0 Å². The number of halogens is 3. The van der Waals surface area contributed by atoms with Gasteiger partial charge in [-0.3, -0.25) is 4.79 Å². The van der Waals surface area contributed by atoms with Crippen molar-refractivity contribution in [3.8, 4) is 0 Å². The standard InChI is InChI=1S/C18H21F3N4O4/c1-17(2,3)28-16(27)25-8-11(9-25)23-14(26)7-22-15-12-6-10(18(19,20)21)4-5-13(12)29-24-15/h4-6,11H,7-9H2,1-3H3,(H,22,24)(H,23,26). The molecule has 2 N–H and O–H groups in total. The minimum atomic E-state index is -4.50. The van der Waals surface area contributed by atoms with E-state index in [9.17, 15) is 22.8 Å². The van der Waals surface area contributed by atoms with Crippen molar-refractivity contribution in [2.45, 2.75) is 38.6 Å². The van der Waals surface area contributed by atoms with Gasteiger partial charge in [0.15, 0.2) is 11.4 Å². The molecule has 1 aromatic carbocycles. The van der Waals surface area contributed by atoms with Crippen molar-refractivity contribution in [2.75, 3.05) is 25.0 Å². The zero-order valence-electron chi connectivity index (χ0n) is 16.1. The second kappa shape index (κ2) is 7.45. The molecule has 0 bridgehead atoms. The van der Waals surface area contributed by atoms with E-state index in [0.29, 0.717) is 13.1 Å². The molecule has 1 aliphatic heterocycles. The second-order valence-electron chi connectivity index (χ2n) is 7.74. The molecule has 11 heteroatoms. The van der Waals surface area contributed by atoms with Crippen LogP contribution in [0.15, 0.2) is 22.7 Å². The van der Waals surface area contributed by atoms with Gasteiger partial charge in [-0.05, 0) is 39.0 Å². The summed E-state index contributed by atoms with van der Waals surface area (Å²) in [5.41, 5.74) is -1.26. The number of carbonyl (C=O) groups excluding carboxylic acids is 2. The first-order valence-electron chi connectivity index (χ1n) is 8.90. The maximum atomic E-state index is 12.9. The molecule has 2 heterocycles. The topological polar surface area (TPSA) is 96.7 Å². The third kappa shape index (κ3) is 5.09. The van der Waals surface area contributed by atoms with Gasteiger partial charge in [-0.2, -0.15) is 13.2 Å². The van der Waals surface area contributed by atoms with Gasteiger partial charge in [-0.1, -0.05) is 5.16 Å². The van der Waals surface area contributed by atoms with Crippen molar-refractivity contribution in [1.82, 2.24) is 15.4 Å². The third-order valence-corrected chi connectivity index (χ3v) is 4.11. The Morgan fingerprint density at radius 3 is 2.59 bits per heavy atom. The molecule has 2 amide bonds. The Bertz CT molecular complexity index is 914. The molecule has 1 aromatic heterocycles. The fraction of sp³-hybridized carbons (Fsp3) is 0.500. The summed E-state index contributed by atoms with van der Waals surface area (Å²) >= 11 is 0. The van der Waals surface area contributed by atoms with E-state index in [0.717, 1.165) is 12.1 Å². The molecule has 0 aliphatic carbocycles. The highest BCUT2D eigenvalue weighted by atomic mass is 19.4. The van der Waals surface area contributed by atoms with Crippen molar-refractivity contribution < 1.29 is 32.0 Å². The smallest absolute Gasteiger partial charge is 0.416 e. The molecule has 8 nitrogen and oxygen atoms in total. The number of fused-ring (bicyclic) bond motifs is 1. The number of ether oxygens (including phenoxy) is 1. The number of benzene rings is 1. The molecule has 0 radical (unpaired) electrons. The average molecular weight is 414 g/mol. The minimum absolute atomic E-state index is 0.0465. The van der Waals surface area contributed by atoms with Crippen LogP contribution in [0.3, 0.4) is 0 Å².